The number of methoxy groups -OCH3 is 1. The van der Waals surface area contributed by atoms with E-state index in [1.807, 2.05) is 62.4 Å². The number of nitrogens with zero attached hydrogens (tertiary/aromatic N) is 1. The molecule has 0 spiro atoms. The molecule has 0 radical (unpaired) electrons. The lowest BCUT2D eigenvalue weighted by Gasteiger charge is -2.15. The second-order valence-corrected chi connectivity index (χ2v) is 6.68. The molecule has 0 aliphatic carbocycles. The van der Waals surface area contributed by atoms with Crippen LogP contribution in [-0.2, 0) is 0 Å². The third-order valence-corrected chi connectivity index (χ3v) is 4.91. The van der Waals surface area contributed by atoms with Crippen LogP contribution in [0.15, 0.2) is 54.7 Å². The number of ether oxygens (including phenoxy) is 1. The molecule has 1 amide bonds. The van der Waals surface area contributed by atoms with E-state index in [1.54, 1.807) is 13.3 Å². The quantitative estimate of drug-likeness (QED) is 0.563. The highest BCUT2D eigenvalue weighted by Crippen LogP contribution is 2.27. The summed E-state index contributed by atoms with van der Waals surface area (Å²) >= 11 is 0. The van der Waals surface area contributed by atoms with Crippen LogP contribution in [0.1, 0.15) is 34.6 Å². The molecule has 2 aromatic carbocycles. The first-order valence-corrected chi connectivity index (χ1v) is 8.88. The van der Waals surface area contributed by atoms with Crippen molar-refractivity contribution >= 4 is 27.7 Å². The predicted molar refractivity (Wildman–Crippen MR) is 107 cm³/mol. The molecule has 4 aromatic rings. The topological polar surface area (TPSA) is 67.0 Å². The van der Waals surface area contributed by atoms with Gasteiger partial charge >= 0.3 is 0 Å². The number of aryl methyl sites for hydroxylation is 1. The van der Waals surface area contributed by atoms with Gasteiger partial charge in [-0.2, -0.15) is 0 Å². The van der Waals surface area contributed by atoms with Crippen molar-refractivity contribution in [1.29, 1.82) is 0 Å². The Bertz CT molecular complexity index is 1150. The van der Waals surface area contributed by atoms with Crippen molar-refractivity contribution in [3.05, 3.63) is 71.5 Å². The van der Waals surface area contributed by atoms with Gasteiger partial charge < -0.3 is 15.0 Å². The maximum Gasteiger partial charge on any atom is 0.251 e. The summed E-state index contributed by atoms with van der Waals surface area (Å²) in [6.07, 6.45) is 1.81. The van der Waals surface area contributed by atoms with E-state index >= 15 is 0 Å². The van der Waals surface area contributed by atoms with Crippen molar-refractivity contribution < 1.29 is 9.53 Å². The van der Waals surface area contributed by atoms with Gasteiger partial charge in [-0.1, -0.05) is 18.2 Å². The molecule has 4 rings (SSSR count). The molecule has 0 aliphatic heterocycles. The number of hydrogen-bond donors (Lipinski definition) is 2. The minimum atomic E-state index is -0.127. The molecular formula is C22H21N3O2. The fourth-order valence-corrected chi connectivity index (χ4v) is 3.38. The number of fused-ring (bicyclic) bond motifs is 3. The summed E-state index contributed by atoms with van der Waals surface area (Å²) in [5, 5.41) is 5.26. The first-order chi connectivity index (χ1) is 13.1. The number of aromatic nitrogens is 2. The van der Waals surface area contributed by atoms with Gasteiger partial charge in [0.1, 0.15) is 5.75 Å². The molecule has 5 heteroatoms. The zero-order chi connectivity index (χ0) is 19.0. The maximum absolute atomic E-state index is 12.7. The molecule has 136 valence electrons. The van der Waals surface area contributed by atoms with Gasteiger partial charge in [0, 0.05) is 28.0 Å². The summed E-state index contributed by atoms with van der Waals surface area (Å²) < 4.78 is 5.26. The van der Waals surface area contributed by atoms with Crippen LogP contribution in [0.5, 0.6) is 5.75 Å². The first kappa shape index (κ1) is 17.1. The molecular weight excluding hydrogens is 338 g/mol. The highest BCUT2D eigenvalue weighted by atomic mass is 16.5. The molecule has 2 heterocycles. The van der Waals surface area contributed by atoms with E-state index in [-0.39, 0.29) is 11.9 Å². The third-order valence-electron chi connectivity index (χ3n) is 4.91. The van der Waals surface area contributed by atoms with Gasteiger partial charge in [0.05, 0.1) is 24.4 Å². The summed E-state index contributed by atoms with van der Waals surface area (Å²) in [7, 11) is 1.63. The minimum Gasteiger partial charge on any atom is -0.497 e. The van der Waals surface area contributed by atoms with E-state index in [0.29, 0.717) is 5.56 Å². The number of hydrogen-bond acceptors (Lipinski definition) is 3. The smallest absolute Gasteiger partial charge is 0.251 e. The molecule has 5 nitrogen and oxygen atoms in total. The Hall–Kier alpha value is -3.34. The summed E-state index contributed by atoms with van der Waals surface area (Å²) in [6, 6.07) is 15.3. The van der Waals surface area contributed by atoms with E-state index in [2.05, 4.69) is 15.3 Å². The number of carbonyl (C=O) groups is 1. The molecule has 2 N–H and O–H groups in total. The first-order valence-electron chi connectivity index (χ1n) is 8.88. The monoisotopic (exact) mass is 359 g/mol. The Balaban J connectivity index is 1.62. The number of H-pyrrole nitrogens is 1. The number of rotatable bonds is 4. The van der Waals surface area contributed by atoms with Crippen molar-refractivity contribution in [3.63, 3.8) is 0 Å². The fraction of sp³-hybridized carbons (Fsp3) is 0.182. The minimum absolute atomic E-state index is 0.110. The SMILES string of the molecule is COc1cccc([C@@H](C)NC(=O)c2ccc3c(c2)[nH]c2c(C)nccc23)c1. The van der Waals surface area contributed by atoms with Crippen molar-refractivity contribution in [2.24, 2.45) is 0 Å². The number of aromatic amines is 1. The number of pyridine rings is 1. The van der Waals surface area contributed by atoms with E-state index in [4.69, 9.17) is 4.74 Å². The second-order valence-electron chi connectivity index (χ2n) is 6.68. The van der Waals surface area contributed by atoms with Crippen LogP contribution < -0.4 is 10.1 Å². The van der Waals surface area contributed by atoms with Gasteiger partial charge in [0.25, 0.3) is 5.91 Å². The van der Waals surface area contributed by atoms with Crippen LogP contribution in [0.3, 0.4) is 0 Å². The average molecular weight is 359 g/mol. The van der Waals surface area contributed by atoms with Gasteiger partial charge in [-0.3, -0.25) is 9.78 Å². The predicted octanol–water partition coefficient (Wildman–Crippen LogP) is 4.52. The molecule has 2 aromatic heterocycles. The van der Waals surface area contributed by atoms with Crippen LogP contribution in [0.4, 0.5) is 0 Å². The molecule has 0 unspecified atom stereocenters. The van der Waals surface area contributed by atoms with Crippen LogP contribution in [0.2, 0.25) is 0 Å². The largest absolute Gasteiger partial charge is 0.497 e. The number of carbonyl (C=O) groups excluding carboxylic acids is 1. The number of benzene rings is 2. The Morgan fingerprint density at radius 1 is 1.15 bits per heavy atom. The van der Waals surface area contributed by atoms with Crippen molar-refractivity contribution in [3.8, 4) is 5.75 Å². The van der Waals surface area contributed by atoms with Crippen LogP contribution in [0.25, 0.3) is 21.8 Å². The van der Waals surface area contributed by atoms with E-state index in [1.165, 1.54) is 0 Å². The van der Waals surface area contributed by atoms with Gasteiger partial charge in [-0.05, 0) is 49.7 Å². The Morgan fingerprint density at radius 3 is 2.81 bits per heavy atom. The average Bonchev–Trinajstić information content (AvgIpc) is 3.07. The van der Waals surface area contributed by atoms with Gasteiger partial charge in [-0.25, -0.2) is 0 Å². The summed E-state index contributed by atoms with van der Waals surface area (Å²) in [4.78, 5) is 20.4. The molecule has 0 saturated carbocycles. The van der Waals surface area contributed by atoms with Crippen molar-refractivity contribution in [2.45, 2.75) is 19.9 Å². The lowest BCUT2D eigenvalue weighted by molar-refractivity contribution is 0.0940. The second kappa shape index (κ2) is 6.76. The zero-order valence-electron chi connectivity index (χ0n) is 15.5. The summed E-state index contributed by atoms with van der Waals surface area (Å²) in [5.41, 5.74) is 4.50. The maximum atomic E-state index is 12.7. The third kappa shape index (κ3) is 3.12. The standard InChI is InChI=1S/C22H21N3O2/c1-13(15-5-4-6-17(11-15)27-3)24-22(26)16-7-8-18-19-9-10-23-14(2)21(19)25-20(18)12-16/h4-13,25H,1-3H3,(H,24,26)/t13-/m1/s1. The highest BCUT2D eigenvalue weighted by molar-refractivity contribution is 6.09. The molecule has 0 aliphatic rings. The zero-order valence-corrected chi connectivity index (χ0v) is 15.5. The number of nitrogens with one attached hydrogen (secondary N) is 2. The van der Waals surface area contributed by atoms with E-state index in [9.17, 15) is 4.79 Å². The lowest BCUT2D eigenvalue weighted by atomic mass is 10.1. The molecule has 1 atom stereocenters. The summed E-state index contributed by atoms with van der Waals surface area (Å²) in [5.74, 6) is 0.665. The van der Waals surface area contributed by atoms with Gasteiger partial charge in [-0.15, -0.1) is 0 Å². The molecule has 27 heavy (non-hydrogen) atoms. The van der Waals surface area contributed by atoms with Crippen molar-refractivity contribution in [1.82, 2.24) is 15.3 Å². The lowest BCUT2D eigenvalue weighted by Crippen LogP contribution is -2.26. The van der Waals surface area contributed by atoms with Crippen molar-refractivity contribution in [2.75, 3.05) is 7.11 Å². The van der Waals surface area contributed by atoms with E-state index < -0.39 is 0 Å². The van der Waals surface area contributed by atoms with Gasteiger partial charge in [0.2, 0.25) is 0 Å². The normalized spacial score (nSPS) is 12.3. The Labute approximate surface area is 157 Å². The molecule has 0 saturated heterocycles. The molecule has 0 bridgehead atoms. The summed E-state index contributed by atoms with van der Waals surface area (Å²) in [6.45, 7) is 3.93. The Kier molecular flexibility index (Phi) is 4.28. The van der Waals surface area contributed by atoms with Gasteiger partial charge in [0.15, 0.2) is 0 Å². The fourth-order valence-electron chi connectivity index (χ4n) is 3.38. The van der Waals surface area contributed by atoms with Crippen LogP contribution >= 0.6 is 0 Å². The van der Waals surface area contributed by atoms with E-state index in [0.717, 1.165) is 38.8 Å². The number of amides is 1. The van der Waals surface area contributed by atoms with Crippen LogP contribution in [-0.4, -0.2) is 23.0 Å². The van der Waals surface area contributed by atoms with Crippen LogP contribution in [0, 0.1) is 6.92 Å². The molecule has 0 fully saturated rings. The Morgan fingerprint density at radius 2 is 2.00 bits per heavy atom. The highest BCUT2D eigenvalue weighted by Gasteiger charge is 2.14.